The highest BCUT2D eigenvalue weighted by atomic mass is 14.9. The Bertz CT molecular complexity index is 221. The molecule has 14 heavy (non-hydrogen) atoms. The standard InChI is InChI=1S/C13H23N/c1-10-3-4-13(9-11(10)2)12-5-7-14-8-6-12/h10-11,14H,3-9H2,1-2H3. The highest BCUT2D eigenvalue weighted by Gasteiger charge is 2.22. The van der Waals surface area contributed by atoms with Gasteiger partial charge in [0.2, 0.25) is 0 Å². The zero-order valence-corrected chi connectivity index (χ0v) is 9.60. The third kappa shape index (κ3) is 2.20. The molecule has 2 fully saturated rings. The van der Waals surface area contributed by atoms with Crippen LogP contribution in [0, 0.1) is 11.8 Å². The molecule has 1 saturated heterocycles. The van der Waals surface area contributed by atoms with Crippen LogP contribution in [0.5, 0.6) is 0 Å². The Morgan fingerprint density at radius 1 is 0.929 bits per heavy atom. The molecule has 1 aliphatic carbocycles. The van der Waals surface area contributed by atoms with Crippen LogP contribution < -0.4 is 5.32 Å². The van der Waals surface area contributed by atoms with E-state index in [1.54, 1.807) is 5.57 Å². The van der Waals surface area contributed by atoms with Crippen LogP contribution in [0.2, 0.25) is 0 Å². The van der Waals surface area contributed by atoms with Gasteiger partial charge in [0.05, 0.1) is 0 Å². The summed E-state index contributed by atoms with van der Waals surface area (Å²) < 4.78 is 0. The number of allylic oxidation sites excluding steroid dienone is 1. The van der Waals surface area contributed by atoms with Gasteiger partial charge in [-0.3, -0.25) is 0 Å². The minimum absolute atomic E-state index is 0.918. The summed E-state index contributed by atoms with van der Waals surface area (Å²) in [5.41, 5.74) is 3.61. The summed E-state index contributed by atoms with van der Waals surface area (Å²) in [4.78, 5) is 0. The second-order valence-corrected chi connectivity index (χ2v) is 5.15. The molecule has 1 nitrogen and oxygen atoms in total. The minimum atomic E-state index is 0.918. The molecule has 2 atom stereocenters. The van der Waals surface area contributed by atoms with E-state index >= 15 is 0 Å². The highest BCUT2D eigenvalue weighted by Crippen LogP contribution is 2.36. The van der Waals surface area contributed by atoms with E-state index in [1.807, 2.05) is 5.57 Å². The summed E-state index contributed by atoms with van der Waals surface area (Å²) in [6.45, 7) is 7.26. The minimum Gasteiger partial charge on any atom is -0.316 e. The summed E-state index contributed by atoms with van der Waals surface area (Å²) in [7, 11) is 0. The van der Waals surface area contributed by atoms with Crippen LogP contribution in [0.3, 0.4) is 0 Å². The van der Waals surface area contributed by atoms with E-state index in [0.717, 1.165) is 11.8 Å². The lowest BCUT2D eigenvalue weighted by Gasteiger charge is -2.31. The highest BCUT2D eigenvalue weighted by molar-refractivity contribution is 5.18. The summed E-state index contributed by atoms with van der Waals surface area (Å²) in [5, 5.41) is 3.44. The Morgan fingerprint density at radius 3 is 2.29 bits per heavy atom. The SMILES string of the molecule is CC1CCC(=C2CCNCC2)CC1C. The summed E-state index contributed by atoms with van der Waals surface area (Å²) in [6.07, 6.45) is 6.83. The molecular weight excluding hydrogens is 170 g/mol. The van der Waals surface area contributed by atoms with Gasteiger partial charge >= 0.3 is 0 Å². The molecule has 0 radical (unpaired) electrons. The number of piperidine rings is 1. The largest absolute Gasteiger partial charge is 0.316 e. The fraction of sp³-hybridized carbons (Fsp3) is 0.846. The average Bonchev–Trinajstić information content (AvgIpc) is 2.23. The summed E-state index contributed by atoms with van der Waals surface area (Å²) in [5.74, 6) is 1.86. The van der Waals surface area contributed by atoms with Gasteiger partial charge in [-0.25, -0.2) is 0 Å². The van der Waals surface area contributed by atoms with E-state index < -0.39 is 0 Å². The Morgan fingerprint density at radius 2 is 1.64 bits per heavy atom. The van der Waals surface area contributed by atoms with Gasteiger partial charge in [-0.15, -0.1) is 0 Å². The van der Waals surface area contributed by atoms with E-state index in [1.165, 1.54) is 45.2 Å². The molecule has 0 spiro atoms. The van der Waals surface area contributed by atoms with E-state index in [0.29, 0.717) is 0 Å². The summed E-state index contributed by atoms with van der Waals surface area (Å²) >= 11 is 0. The Labute approximate surface area is 88.0 Å². The van der Waals surface area contributed by atoms with Gasteiger partial charge in [0.1, 0.15) is 0 Å². The van der Waals surface area contributed by atoms with Crippen molar-refractivity contribution >= 4 is 0 Å². The van der Waals surface area contributed by atoms with E-state index in [-0.39, 0.29) is 0 Å². The molecule has 2 rings (SSSR count). The third-order valence-electron chi connectivity index (χ3n) is 4.15. The number of nitrogens with one attached hydrogen (secondary N) is 1. The molecule has 0 bridgehead atoms. The number of rotatable bonds is 0. The van der Waals surface area contributed by atoms with Crippen LogP contribution in [0.4, 0.5) is 0 Å². The van der Waals surface area contributed by atoms with Crippen molar-refractivity contribution in [2.45, 2.75) is 46.0 Å². The lowest BCUT2D eigenvalue weighted by molar-refractivity contribution is 0.319. The molecule has 0 aromatic carbocycles. The molecule has 1 heteroatoms. The zero-order valence-electron chi connectivity index (χ0n) is 9.60. The maximum atomic E-state index is 3.44. The first-order valence-corrected chi connectivity index (χ1v) is 6.18. The Kier molecular flexibility index (Phi) is 3.27. The lowest BCUT2D eigenvalue weighted by atomic mass is 9.76. The number of hydrogen-bond donors (Lipinski definition) is 1. The first-order chi connectivity index (χ1) is 6.77. The van der Waals surface area contributed by atoms with Crippen LogP contribution in [0.15, 0.2) is 11.1 Å². The van der Waals surface area contributed by atoms with Crippen LogP contribution in [0.25, 0.3) is 0 Å². The molecule has 2 aliphatic rings. The van der Waals surface area contributed by atoms with Gasteiger partial charge in [-0.05, 0) is 57.0 Å². The van der Waals surface area contributed by atoms with Crippen molar-refractivity contribution < 1.29 is 0 Å². The molecule has 80 valence electrons. The van der Waals surface area contributed by atoms with Crippen molar-refractivity contribution in [1.29, 1.82) is 0 Å². The molecule has 0 amide bonds. The molecule has 2 unspecified atom stereocenters. The predicted octanol–water partition coefficient (Wildman–Crippen LogP) is 3.12. The van der Waals surface area contributed by atoms with Gasteiger partial charge in [-0.1, -0.05) is 25.0 Å². The normalized spacial score (nSPS) is 34.7. The van der Waals surface area contributed by atoms with Gasteiger partial charge in [0.25, 0.3) is 0 Å². The Balaban J connectivity index is 2.03. The predicted molar refractivity (Wildman–Crippen MR) is 61.3 cm³/mol. The van der Waals surface area contributed by atoms with Crippen molar-refractivity contribution in [1.82, 2.24) is 5.32 Å². The molecule has 0 aromatic heterocycles. The first kappa shape index (κ1) is 10.2. The average molecular weight is 193 g/mol. The van der Waals surface area contributed by atoms with Gasteiger partial charge < -0.3 is 5.32 Å². The van der Waals surface area contributed by atoms with Crippen molar-refractivity contribution in [3.8, 4) is 0 Å². The maximum absolute atomic E-state index is 3.44. The summed E-state index contributed by atoms with van der Waals surface area (Å²) in [6, 6.07) is 0. The fourth-order valence-corrected chi connectivity index (χ4v) is 2.78. The topological polar surface area (TPSA) is 12.0 Å². The monoisotopic (exact) mass is 193 g/mol. The van der Waals surface area contributed by atoms with E-state index in [2.05, 4.69) is 19.2 Å². The molecule has 1 aliphatic heterocycles. The second-order valence-electron chi connectivity index (χ2n) is 5.15. The third-order valence-corrected chi connectivity index (χ3v) is 4.15. The molecule has 0 aromatic rings. The van der Waals surface area contributed by atoms with E-state index in [4.69, 9.17) is 0 Å². The van der Waals surface area contributed by atoms with E-state index in [9.17, 15) is 0 Å². The Hall–Kier alpha value is -0.300. The number of hydrogen-bond acceptors (Lipinski definition) is 1. The smallest absolute Gasteiger partial charge is 0.00114 e. The first-order valence-electron chi connectivity index (χ1n) is 6.18. The van der Waals surface area contributed by atoms with Crippen LogP contribution in [-0.2, 0) is 0 Å². The zero-order chi connectivity index (χ0) is 9.97. The van der Waals surface area contributed by atoms with Crippen LogP contribution in [0.1, 0.15) is 46.0 Å². The van der Waals surface area contributed by atoms with Gasteiger partial charge in [0.15, 0.2) is 0 Å². The lowest BCUT2D eigenvalue weighted by Crippen LogP contribution is -2.25. The molecular formula is C13H23N. The van der Waals surface area contributed by atoms with Gasteiger partial charge in [0, 0.05) is 0 Å². The quantitative estimate of drug-likeness (QED) is 0.583. The van der Waals surface area contributed by atoms with Crippen LogP contribution in [-0.4, -0.2) is 13.1 Å². The van der Waals surface area contributed by atoms with Crippen molar-refractivity contribution in [3.05, 3.63) is 11.1 Å². The van der Waals surface area contributed by atoms with Crippen LogP contribution >= 0.6 is 0 Å². The molecule has 1 N–H and O–H groups in total. The second kappa shape index (κ2) is 4.48. The van der Waals surface area contributed by atoms with Crippen molar-refractivity contribution in [3.63, 3.8) is 0 Å². The van der Waals surface area contributed by atoms with Gasteiger partial charge in [-0.2, -0.15) is 0 Å². The molecule has 1 heterocycles. The molecule has 1 saturated carbocycles. The maximum Gasteiger partial charge on any atom is -0.00114 e. The van der Waals surface area contributed by atoms with Crippen molar-refractivity contribution in [2.75, 3.05) is 13.1 Å². The van der Waals surface area contributed by atoms with Crippen molar-refractivity contribution in [2.24, 2.45) is 11.8 Å². The fourth-order valence-electron chi connectivity index (χ4n) is 2.78.